The van der Waals surface area contributed by atoms with Gasteiger partial charge in [0.25, 0.3) is 0 Å². The number of hydrogen-bond acceptors (Lipinski definition) is 4. The molecule has 7 nitrogen and oxygen atoms in total. The molecule has 1 amide bonds. The molecule has 0 unspecified atom stereocenters. The first kappa shape index (κ1) is 23.5. The summed E-state index contributed by atoms with van der Waals surface area (Å²) in [4.78, 5) is 22.5. The molecule has 0 spiro atoms. The van der Waals surface area contributed by atoms with E-state index in [4.69, 9.17) is 4.74 Å². The van der Waals surface area contributed by atoms with Crippen LogP contribution in [0.25, 0.3) is 0 Å². The third-order valence-electron chi connectivity index (χ3n) is 4.61. The van der Waals surface area contributed by atoms with E-state index in [1.807, 2.05) is 12.1 Å². The second kappa shape index (κ2) is 12.7. The first-order valence-corrected chi connectivity index (χ1v) is 9.40. The third-order valence-corrected chi connectivity index (χ3v) is 4.61. The van der Waals surface area contributed by atoms with Crippen molar-refractivity contribution in [3.05, 3.63) is 23.9 Å². The Balaban J connectivity index is 0.00000364. The second-order valence-corrected chi connectivity index (χ2v) is 6.52. The van der Waals surface area contributed by atoms with Gasteiger partial charge in [-0.25, -0.2) is 4.98 Å². The van der Waals surface area contributed by atoms with Crippen molar-refractivity contribution in [1.82, 2.24) is 20.5 Å². The molecule has 8 heteroatoms. The first-order chi connectivity index (χ1) is 12.7. The van der Waals surface area contributed by atoms with Crippen LogP contribution in [-0.2, 0) is 11.3 Å². The van der Waals surface area contributed by atoms with E-state index >= 15 is 0 Å². The van der Waals surface area contributed by atoms with Crippen molar-refractivity contribution in [2.45, 2.75) is 39.2 Å². The number of piperidine rings is 1. The lowest BCUT2D eigenvalue weighted by atomic mass is 9.93. The predicted octanol–water partition coefficient (Wildman–Crippen LogP) is 2.41. The van der Waals surface area contributed by atoms with Gasteiger partial charge in [0, 0.05) is 51.9 Å². The Morgan fingerprint density at radius 1 is 1.41 bits per heavy atom. The Kier molecular flexibility index (Phi) is 11.1. The molecule has 152 valence electrons. The standard InChI is InChI=1S/C19H31N5O2.HI/c1-4-12-26-18-16(6-5-9-22-18)14-23-19(21-3)24-10-7-15(8-11-24)13-17(25)20-2;/h5-6,9,15H,4,7-8,10-14H2,1-3H3,(H,20,25)(H,21,23);1H. The molecule has 1 aromatic heterocycles. The number of rotatable bonds is 7. The highest BCUT2D eigenvalue weighted by Gasteiger charge is 2.23. The number of carbonyl (C=O) groups is 1. The van der Waals surface area contributed by atoms with Crippen molar-refractivity contribution in [3.8, 4) is 5.88 Å². The monoisotopic (exact) mass is 489 g/mol. The van der Waals surface area contributed by atoms with Crippen molar-refractivity contribution in [1.29, 1.82) is 0 Å². The summed E-state index contributed by atoms with van der Waals surface area (Å²) in [5, 5.41) is 6.12. The predicted molar refractivity (Wildman–Crippen MR) is 119 cm³/mol. The number of guanidine groups is 1. The van der Waals surface area contributed by atoms with Crippen LogP contribution in [0.15, 0.2) is 23.3 Å². The lowest BCUT2D eigenvalue weighted by molar-refractivity contribution is -0.121. The maximum Gasteiger partial charge on any atom is 0.220 e. The van der Waals surface area contributed by atoms with Crippen molar-refractivity contribution >= 4 is 35.8 Å². The number of likely N-dealkylation sites (tertiary alicyclic amines) is 1. The minimum atomic E-state index is 0. The molecular weight excluding hydrogens is 457 g/mol. The van der Waals surface area contributed by atoms with Gasteiger partial charge in [0.2, 0.25) is 11.8 Å². The topological polar surface area (TPSA) is 78.8 Å². The van der Waals surface area contributed by atoms with Crippen LogP contribution in [0.4, 0.5) is 0 Å². The lowest BCUT2D eigenvalue weighted by Gasteiger charge is -2.34. The van der Waals surface area contributed by atoms with Gasteiger partial charge < -0.3 is 20.3 Å². The number of ether oxygens (including phenoxy) is 1. The third kappa shape index (κ3) is 7.51. The molecule has 1 fully saturated rings. The summed E-state index contributed by atoms with van der Waals surface area (Å²) in [7, 11) is 3.50. The van der Waals surface area contributed by atoms with Gasteiger partial charge in [-0.2, -0.15) is 0 Å². The SMILES string of the molecule is CCCOc1ncccc1CNC(=NC)N1CCC(CC(=O)NC)CC1.I. The molecule has 0 aromatic carbocycles. The van der Waals surface area contributed by atoms with E-state index < -0.39 is 0 Å². The van der Waals surface area contributed by atoms with E-state index in [1.54, 1.807) is 20.3 Å². The molecule has 0 aliphatic carbocycles. The summed E-state index contributed by atoms with van der Waals surface area (Å²) in [5.41, 5.74) is 1.02. The maximum atomic E-state index is 11.5. The maximum absolute atomic E-state index is 11.5. The van der Waals surface area contributed by atoms with Gasteiger partial charge in [-0.1, -0.05) is 13.0 Å². The highest BCUT2D eigenvalue weighted by Crippen LogP contribution is 2.21. The van der Waals surface area contributed by atoms with Crippen molar-refractivity contribution in [3.63, 3.8) is 0 Å². The molecule has 2 rings (SSSR count). The number of nitrogens with zero attached hydrogens (tertiary/aromatic N) is 3. The van der Waals surface area contributed by atoms with Gasteiger partial charge >= 0.3 is 0 Å². The van der Waals surface area contributed by atoms with Crippen LogP contribution < -0.4 is 15.4 Å². The quantitative estimate of drug-likeness (QED) is 0.350. The van der Waals surface area contributed by atoms with Crippen molar-refractivity contribution in [2.24, 2.45) is 10.9 Å². The Hall–Kier alpha value is -1.58. The van der Waals surface area contributed by atoms with Crippen molar-refractivity contribution < 1.29 is 9.53 Å². The Morgan fingerprint density at radius 2 is 2.15 bits per heavy atom. The molecule has 0 radical (unpaired) electrons. The minimum Gasteiger partial charge on any atom is -0.477 e. The number of hydrogen-bond donors (Lipinski definition) is 2. The highest BCUT2D eigenvalue weighted by atomic mass is 127. The zero-order chi connectivity index (χ0) is 18.8. The zero-order valence-electron chi connectivity index (χ0n) is 16.5. The van der Waals surface area contributed by atoms with E-state index in [9.17, 15) is 4.79 Å². The fraction of sp³-hybridized carbons (Fsp3) is 0.632. The van der Waals surface area contributed by atoms with Gasteiger partial charge in [0.05, 0.1) is 6.61 Å². The second-order valence-electron chi connectivity index (χ2n) is 6.52. The Bertz CT molecular complexity index is 604. The highest BCUT2D eigenvalue weighted by molar-refractivity contribution is 14.0. The summed E-state index contributed by atoms with van der Waals surface area (Å²) in [6.45, 7) is 5.19. The number of nitrogens with one attached hydrogen (secondary N) is 2. The smallest absolute Gasteiger partial charge is 0.220 e. The van der Waals surface area contributed by atoms with E-state index in [0.29, 0.717) is 31.4 Å². The van der Waals surface area contributed by atoms with E-state index in [0.717, 1.165) is 43.9 Å². The molecule has 2 heterocycles. The number of aromatic nitrogens is 1. The molecule has 1 aliphatic rings. The zero-order valence-corrected chi connectivity index (χ0v) is 18.9. The van der Waals surface area contributed by atoms with Gasteiger partial charge in [-0.3, -0.25) is 9.79 Å². The number of halogens is 1. The Labute approximate surface area is 179 Å². The lowest BCUT2D eigenvalue weighted by Crippen LogP contribution is -2.45. The molecule has 0 saturated carbocycles. The summed E-state index contributed by atoms with van der Waals surface area (Å²) in [6.07, 6.45) is 5.33. The normalized spacial score (nSPS) is 15.1. The van der Waals surface area contributed by atoms with E-state index in [1.165, 1.54) is 0 Å². The van der Waals surface area contributed by atoms with E-state index in [2.05, 4.69) is 32.4 Å². The molecule has 1 saturated heterocycles. The summed E-state index contributed by atoms with van der Waals surface area (Å²) in [6, 6.07) is 3.94. The number of aliphatic imine (C=N–C) groups is 1. The average Bonchev–Trinajstić information content (AvgIpc) is 2.68. The summed E-state index contributed by atoms with van der Waals surface area (Å²) in [5.74, 6) is 2.15. The van der Waals surface area contributed by atoms with Crippen LogP contribution in [0.3, 0.4) is 0 Å². The molecular formula is C19H32IN5O2. The van der Waals surface area contributed by atoms with Crippen LogP contribution in [0.2, 0.25) is 0 Å². The van der Waals surface area contributed by atoms with Crippen LogP contribution >= 0.6 is 24.0 Å². The fourth-order valence-corrected chi connectivity index (χ4v) is 3.11. The molecule has 1 aromatic rings. The summed E-state index contributed by atoms with van der Waals surface area (Å²) < 4.78 is 5.72. The van der Waals surface area contributed by atoms with Crippen molar-refractivity contribution in [2.75, 3.05) is 33.8 Å². The fourth-order valence-electron chi connectivity index (χ4n) is 3.11. The molecule has 27 heavy (non-hydrogen) atoms. The summed E-state index contributed by atoms with van der Waals surface area (Å²) >= 11 is 0. The number of pyridine rings is 1. The van der Waals surface area contributed by atoms with Gasteiger partial charge in [-0.05, 0) is 31.2 Å². The van der Waals surface area contributed by atoms with E-state index in [-0.39, 0.29) is 29.9 Å². The van der Waals surface area contributed by atoms with Gasteiger partial charge in [-0.15, -0.1) is 24.0 Å². The van der Waals surface area contributed by atoms with Crippen LogP contribution in [0.5, 0.6) is 5.88 Å². The average molecular weight is 489 g/mol. The molecule has 2 N–H and O–H groups in total. The Morgan fingerprint density at radius 3 is 2.78 bits per heavy atom. The van der Waals surface area contributed by atoms with Gasteiger partial charge in [0.1, 0.15) is 0 Å². The van der Waals surface area contributed by atoms with Crippen LogP contribution in [0.1, 0.15) is 38.2 Å². The largest absolute Gasteiger partial charge is 0.477 e. The minimum absolute atomic E-state index is 0. The van der Waals surface area contributed by atoms with Crippen LogP contribution in [0, 0.1) is 5.92 Å². The van der Waals surface area contributed by atoms with Gasteiger partial charge in [0.15, 0.2) is 5.96 Å². The molecule has 0 bridgehead atoms. The molecule has 0 atom stereocenters. The number of amides is 1. The number of carbonyl (C=O) groups excluding carboxylic acids is 1. The first-order valence-electron chi connectivity index (χ1n) is 9.40. The van der Waals surface area contributed by atoms with Crippen LogP contribution in [-0.4, -0.2) is 55.5 Å². The molecule has 1 aliphatic heterocycles.